The van der Waals surface area contributed by atoms with Crippen molar-refractivity contribution < 1.29 is 9.72 Å². The number of rotatable bonds is 5. The maximum atomic E-state index is 11.2. The van der Waals surface area contributed by atoms with Crippen LogP contribution in [0.5, 0.6) is 0 Å². The first kappa shape index (κ1) is 14.3. The summed E-state index contributed by atoms with van der Waals surface area (Å²) in [6.45, 7) is 1.52. The molecule has 0 fully saturated rings. The van der Waals surface area contributed by atoms with Crippen molar-refractivity contribution >= 4 is 23.2 Å². The Balaban J connectivity index is 2.09. The highest BCUT2D eigenvalue weighted by molar-refractivity contribution is 7.98. The van der Waals surface area contributed by atoms with Gasteiger partial charge in [-0.3, -0.25) is 14.9 Å². The highest BCUT2D eigenvalue weighted by atomic mass is 32.2. The van der Waals surface area contributed by atoms with Gasteiger partial charge in [0.05, 0.1) is 4.92 Å². The predicted molar refractivity (Wildman–Crippen MR) is 79.1 cm³/mol. The molecule has 0 aliphatic heterocycles. The zero-order chi connectivity index (χ0) is 14.5. The number of carbonyl (C=O) groups excluding carboxylic acids is 1. The van der Waals surface area contributed by atoms with Crippen molar-refractivity contribution in [2.45, 2.75) is 17.6 Å². The van der Waals surface area contributed by atoms with Crippen molar-refractivity contribution in [3.05, 3.63) is 69.8 Å². The van der Waals surface area contributed by atoms with Crippen LogP contribution in [0.2, 0.25) is 0 Å². The molecule has 0 aromatic heterocycles. The summed E-state index contributed by atoms with van der Waals surface area (Å²) in [5, 5.41) is 10.9. The number of ketones is 1. The Labute approximate surface area is 121 Å². The molecule has 0 saturated carbocycles. The van der Waals surface area contributed by atoms with E-state index in [1.807, 2.05) is 12.1 Å². The maximum Gasteiger partial charge on any atom is 0.273 e. The Morgan fingerprint density at radius 1 is 1.15 bits per heavy atom. The molecule has 0 N–H and O–H groups in total. The molecule has 4 nitrogen and oxygen atoms in total. The fourth-order valence-corrected chi connectivity index (χ4v) is 2.65. The second-order valence-electron chi connectivity index (χ2n) is 4.26. The number of thioether (sulfide) groups is 1. The van der Waals surface area contributed by atoms with Gasteiger partial charge in [0.25, 0.3) is 5.69 Å². The Hall–Kier alpha value is -2.14. The minimum absolute atomic E-state index is 0.0280. The van der Waals surface area contributed by atoms with Crippen LogP contribution in [-0.2, 0) is 5.75 Å². The summed E-state index contributed by atoms with van der Waals surface area (Å²) in [6, 6.07) is 14.0. The Bertz CT molecular complexity index is 638. The molecule has 0 aliphatic rings. The maximum absolute atomic E-state index is 11.2. The smallest absolute Gasteiger partial charge is 0.273 e. The van der Waals surface area contributed by atoms with E-state index in [0.717, 1.165) is 4.90 Å². The molecule has 2 aromatic carbocycles. The van der Waals surface area contributed by atoms with Gasteiger partial charge in [-0.2, -0.15) is 0 Å². The van der Waals surface area contributed by atoms with Crippen LogP contribution in [0, 0.1) is 10.1 Å². The van der Waals surface area contributed by atoms with Gasteiger partial charge >= 0.3 is 0 Å². The van der Waals surface area contributed by atoms with Crippen LogP contribution in [0.25, 0.3) is 0 Å². The van der Waals surface area contributed by atoms with Crippen LogP contribution in [0.3, 0.4) is 0 Å². The molecule has 5 heteroatoms. The minimum Gasteiger partial charge on any atom is -0.295 e. The van der Waals surface area contributed by atoms with Crippen molar-refractivity contribution in [1.29, 1.82) is 0 Å². The third-order valence-electron chi connectivity index (χ3n) is 2.84. The molecule has 0 saturated heterocycles. The average Bonchev–Trinajstić information content (AvgIpc) is 2.45. The lowest BCUT2D eigenvalue weighted by atomic mass is 10.2. The number of hydrogen-bond acceptors (Lipinski definition) is 4. The quantitative estimate of drug-likeness (QED) is 0.359. The Kier molecular flexibility index (Phi) is 4.53. The lowest BCUT2D eigenvalue weighted by Gasteiger charge is -2.04. The number of benzene rings is 2. The van der Waals surface area contributed by atoms with E-state index in [4.69, 9.17) is 0 Å². The largest absolute Gasteiger partial charge is 0.295 e. The summed E-state index contributed by atoms with van der Waals surface area (Å²) in [7, 11) is 0. The predicted octanol–water partition coefficient (Wildman–Crippen LogP) is 4.09. The van der Waals surface area contributed by atoms with E-state index in [2.05, 4.69) is 0 Å². The lowest BCUT2D eigenvalue weighted by molar-refractivity contribution is -0.385. The molecule has 0 atom stereocenters. The molecule has 0 heterocycles. The van der Waals surface area contributed by atoms with Crippen molar-refractivity contribution in [2.75, 3.05) is 0 Å². The molecule has 0 radical (unpaired) electrons. The van der Waals surface area contributed by atoms with Gasteiger partial charge in [0.15, 0.2) is 5.78 Å². The summed E-state index contributed by atoms with van der Waals surface area (Å²) < 4.78 is 0. The second-order valence-corrected chi connectivity index (χ2v) is 5.30. The molecular formula is C15H13NO3S. The van der Waals surface area contributed by atoms with E-state index < -0.39 is 0 Å². The summed E-state index contributed by atoms with van der Waals surface area (Å²) in [6.07, 6.45) is 0. The molecule has 102 valence electrons. The highest BCUT2D eigenvalue weighted by Crippen LogP contribution is 2.27. The summed E-state index contributed by atoms with van der Waals surface area (Å²) in [4.78, 5) is 22.7. The third kappa shape index (κ3) is 3.45. The van der Waals surface area contributed by atoms with Gasteiger partial charge < -0.3 is 0 Å². The van der Waals surface area contributed by atoms with Gasteiger partial charge in [-0.1, -0.05) is 30.3 Å². The van der Waals surface area contributed by atoms with Crippen LogP contribution in [-0.4, -0.2) is 10.7 Å². The minimum atomic E-state index is -0.366. The van der Waals surface area contributed by atoms with E-state index in [0.29, 0.717) is 16.9 Å². The zero-order valence-electron chi connectivity index (χ0n) is 10.9. The fraction of sp³-hybridized carbons (Fsp3) is 0.133. The van der Waals surface area contributed by atoms with Crippen molar-refractivity contribution in [1.82, 2.24) is 0 Å². The first-order valence-electron chi connectivity index (χ1n) is 6.04. The van der Waals surface area contributed by atoms with E-state index >= 15 is 0 Å². The van der Waals surface area contributed by atoms with Gasteiger partial charge in [0.2, 0.25) is 0 Å². The van der Waals surface area contributed by atoms with Crippen LogP contribution in [0.15, 0.2) is 53.4 Å². The number of carbonyl (C=O) groups is 1. The zero-order valence-corrected chi connectivity index (χ0v) is 11.7. The van der Waals surface area contributed by atoms with Gasteiger partial charge in [-0.15, -0.1) is 11.8 Å². The Morgan fingerprint density at radius 2 is 1.80 bits per heavy atom. The summed E-state index contributed by atoms with van der Waals surface area (Å²) in [5.74, 6) is 0.552. The molecule has 0 unspecified atom stereocenters. The van der Waals surface area contributed by atoms with E-state index in [1.54, 1.807) is 30.3 Å². The number of nitro benzene ring substituents is 1. The van der Waals surface area contributed by atoms with E-state index in [9.17, 15) is 14.9 Å². The molecule has 0 spiro atoms. The fourth-order valence-electron chi connectivity index (χ4n) is 1.76. The lowest BCUT2D eigenvalue weighted by Crippen LogP contribution is -1.93. The Morgan fingerprint density at radius 3 is 2.40 bits per heavy atom. The molecule has 20 heavy (non-hydrogen) atoms. The molecule has 2 aromatic rings. The number of nitrogens with zero attached hydrogens (tertiary/aromatic N) is 1. The standard InChI is InChI=1S/C15H13NO3S/c1-11(17)12-6-8-14(9-7-12)20-10-13-4-2-3-5-15(13)16(18)19/h2-9H,10H2,1H3. The molecule has 2 rings (SSSR count). The van der Waals surface area contributed by atoms with Crippen LogP contribution in [0.4, 0.5) is 5.69 Å². The summed E-state index contributed by atoms with van der Waals surface area (Å²) >= 11 is 1.51. The van der Waals surface area contributed by atoms with Gasteiger partial charge in [0, 0.05) is 27.8 Å². The molecular weight excluding hydrogens is 274 g/mol. The topological polar surface area (TPSA) is 60.2 Å². The first-order chi connectivity index (χ1) is 9.58. The van der Waals surface area contributed by atoms with Crippen LogP contribution in [0.1, 0.15) is 22.8 Å². The van der Waals surface area contributed by atoms with Crippen molar-refractivity contribution in [2.24, 2.45) is 0 Å². The van der Waals surface area contributed by atoms with Gasteiger partial charge in [-0.25, -0.2) is 0 Å². The number of Topliss-reactive ketones (excluding diaryl/α,β-unsaturated/α-hetero) is 1. The van der Waals surface area contributed by atoms with E-state index in [-0.39, 0.29) is 16.4 Å². The van der Waals surface area contributed by atoms with Crippen LogP contribution >= 0.6 is 11.8 Å². The number of para-hydroxylation sites is 1. The van der Waals surface area contributed by atoms with Gasteiger partial charge in [-0.05, 0) is 19.1 Å². The normalized spacial score (nSPS) is 10.2. The monoisotopic (exact) mass is 287 g/mol. The molecule has 0 amide bonds. The summed E-state index contributed by atoms with van der Waals surface area (Å²) in [5.41, 5.74) is 1.50. The second kappa shape index (κ2) is 6.34. The highest BCUT2D eigenvalue weighted by Gasteiger charge is 2.12. The molecule has 0 aliphatic carbocycles. The van der Waals surface area contributed by atoms with Crippen molar-refractivity contribution in [3.8, 4) is 0 Å². The van der Waals surface area contributed by atoms with Crippen LogP contribution < -0.4 is 0 Å². The van der Waals surface area contributed by atoms with Crippen molar-refractivity contribution in [3.63, 3.8) is 0 Å². The van der Waals surface area contributed by atoms with Gasteiger partial charge in [0.1, 0.15) is 0 Å². The third-order valence-corrected chi connectivity index (χ3v) is 3.90. The van der Waals surface area contributed by atoms with E-state index in [1.165, 1.54) is 24.8 Å². The number of nitro groups is 1. The average molecular weight is 287 g/mol. The number of hydrogen-bond donors (Lipinski definition) is 0. The SMILES string of the molecule is CC(=O)c1ccc(SCc2ccccc2[N+](=O)[O-])cc1. The molecule has 0 bridgehead atoms. The first-order valence-corrected chi connectivity index (χ1v) is 7.02.